The van der Waals surface area contributed by atoms with Gasteiger partial charge in [-0.25, -0.2) is 9.97 Å². The molecule has 8 heteroatoms. The molecule has 1 aromatic heterocycles. The van der Waals surface area contributed by atoms with E-state index >= 15 is 0 Å². The minimum atomic E-state index is -0.408. The number of amides is 2. The van der Waals surface area contributed by atoms with Gasteiger partial charge in [-0.1, -0.05) is 0 Å². The number of imide groups is 1. The second-order valence-electron chi connectivity index (χ2n) is 5.92. The molecule has 0 bridgehead atoms. The van der Waals surface area contributed by atoms with Crippen LogP contribution in [0.15, 0.2) is 42.7 Å². The van der Waals surface area contributed by atoms with E-state index in [-0.39, 0.29) is 12.5 Å². The van der Waals surface area contributed by atoms with Gasteiger partial charge in [-0.3, -0.25) is 19.8 Å². The minimum Gasteiger partial charge on any atom is -0.497 e. The highest BCUT2D eigenvalue weighted by molar-refractivity contribution is 6.05. The van der Waals surface area contributed by atoms with E-state index in [4.69, 9.17) is 4.74 Å². The standard InChI is InChI=1S/C18H21N5O3/c1-26-15-5-3-14(4-6-15)17(25)21-16(24)13-22-9-11-23(12-10-22)18-19-7-2-8-20-18/h2-8H,9-13H2,1H3,(H,21,24,25). The summed E-state index contributed by atoms with van der Waals surface area (Å²) >= 11 is 0. The van der Waals surface area contributed by atoms with E-state index < -0.39 is 5.91 Å². The lowest BCUT2D eigenvalue weighted by atomic mass is 10.2. The average molecular weight is 355 g/mol. The van der Waals surface area contributed by atoms with Crippen LogP contribution in [0.1, 0.15) is 10.4 Å². The van der Waals surface area contributed by atoms with Crippen molar-refractivity contribution in [3.8, 4) is 5.75 Å². The summed E-state index contributed by atoms with van der Waals surface area (Å²) < 4.78 is 5.05. The number of methoxy groups -OCH3 is 1. The molecule has 1 fully saturated rings. The van der Waals surface area contributed by atoms with E-state index in [2.05, 4.69) is 20.2 Å². The monoisotopic (exact) mass is 355 g/mol. The van der Waals surface area contributed by atoms with Crippen LogP contribution in [0.5, 0.6) is 5.75 Å². The number of anilines is 1. The highest BCUT2D eigenvalue weighted by Gasteiger charge is 2.21. The molecule has 26 heavy (non-hydrogen) atoms. The second kappa shape index (κ2) is 8.39. The number of carbonyl (C=O) groups is 2. The van der Waals surface area contributed by atoms with Crippen LogP contribution in [0.25, 0.3) is 0 Å². The van der Waals surface area contributed by atoms with E-state index in [9.17, 15) is 9.59 Å². The zero-order chi connectivity index (χ0) is 18.4. The van der Waals surface area contributed by atoms with Crippen LogP contribution >= 0.6 is 0 Å². The van der Waals surface area contributed by atoms with E-state index in [0.29, 0.717) is 30.4 Å². The third-order valence-corrected chi connectivity index (χ3v) is 4.18. The fourth-order valence-electron chi connectivity index (χ4n) is 2.74. The van der Waals surface area contributed by atoms with Crippen molar-refractivity contribution >= 4 is 17.8 Å². The lowest BCUT2D eigenvalue weighted by Gasteiger charge is -2.34. The molecule has 0 radical (unpaired) electrons. The molecule has 1 aromatic carbocycles. The smallest absolute Gasteiger partial charge is 0.257 e. The number of piperazine rings is 1. The number of aromatic nitrogens is 2. The molecule has 1 aliphatic heterocycles. The first-order chi connectivity index (χ1) is 12.7. The second-order valence-corrected chi connectivity index (χ2v) is 5.92. The maximum absolute atomic E-state index is 12.1. The van der Waals surface area contributed by atoms with Crippen molar-refractivity contribution in [2.75, 3.05) is 44.7 Å². The van der Waals surface area contributed by atoms with E-state index in [1.807, 2.05) is 4.90 Å². The Kier molecular flexibility index (Phi) is 5.75. The largest absolute Gasteiger partial charge is 0.497 e. The molecule has 2 heterocycles. The van der Waals surface area contributed by atoms with E-state index in [1.165, 1.54) is 0 Å². The van der Waals surface area contributed by atoms with Gasteiger partial charge >= 0.3 is 0 Å². The van der Waals surface area contributed by atoms with Crippen LogP contribution in [0.4, 0.5) is 5.95 Å². The van der Waals surface area contributed by atoms with Crippen molar-refractivity contribution in [1.82, 2.24) is 20.2 Å². The lowest BCUT2D eigenvalue weighted by Crippen LogP contribution is -2.50. The fraction of sp³-hybridized carbons (Fsp3) is 0.333. The Labute approximate surface area is 151 Å². The maximum atomic E-state index is 12.1. The van der Waals surface area contributed by atoms with Gasteiger partial charge in [0.25, 0.3) is 5.91 Å². The minimum absolute atomic E-state index is 0.186. The highest BCUT2D eigenvalue weighted by Crippen LogP contribution is 2.11. The first-order valence-corrected chi connectivity index (χ1v) is 8.38. The van der Waals surface area contributed by atoms with Crippen LogP contribution in [0.3, 0.4) is 0 Å². The first-order valence-electron chi connectivity index (χ1n) is 8.38. The van der Waals surface area contributed by atoms with Gasteiger partial charge in [0.1, 0.15) is 5.75 Å². The number of hydrogen-bond donors (Lipinski definition) is 1. The molecule has 136 valence electrons. The predicted molar refractivity (Wildman–Crippen MR) is 96.2 cm³/mol. The van der Waals surface area contributed by atoms with Gasteiger partial charge in [-0.2, -0.15) is 0 Å². The molecular formula is C18H21N5O3. The van der Waals surface area contributed by atoms with Gasteiger partial charge in [0.2, 0.25) is 11.9 Å². The number of benzene rings is 1. The number of nitrogens with one attached hydrogen (secondary N) is 1. The number of carbonyl (C=O) groups excluding carboxylic acids is 2. The van der Waals surface area contributed by atoms with Crippen LogP contribution < -0.4 is 15.0 Å². The van der Waals surface area contributed by atoms with Crippen LogP contribution in [0.2, 0.25) is 0 Å². The molecule has 0 aliphatic carbocycles. The highest BCUT2D eigenvalue weighted by atomic mass is 16.5. The summed E-state index contributed by atoms with van der Waals surface area (Å²) in [5, 5.41) is 2.43. The Balaban J connectivity index is 1.46. The SMILES string of the molecule is COc1ccc(C(=O)NC(=O)CN2CCN(c3ncccn3)CC2)cc1. The van der Waals surface area contributed by atoms with Gasteiger partial charge in [0.05, 0.1) is 13.7 Å². The van der Waals surface area contributed by atoms with Crippen LogP contribution in [-0.2, 0) is 4.79 Å². The summed E-state index contributed by atoms with van der Waals surface area (Å²) in [6.45, 7) is 3.09. The number of hydrogen-bond acceptors (Lipinski definition) is 7. The summed E-state index contributed by atoms with van der Waals surface area (Å²) in [5.74, 6) is 0.642. The first kappa shape index (κ1) is 17.8. The molecule has 3 rings (SSSR count). The summed E-state index contributed by atoms with van der Waals surface area (Å²) in [5.41, 5.74) is 0.421. The van der Waals surface area contributed by atoms with Gasteiger partial charge in [0.15, 0.2) is 0 Å². The van der Waals surface area contributed by atoms with E-state index in [0.717, 1.165) is 13.1 Å². The van der Waals surface area contributed by atoms with Crippen molar-refractivity contribution in [2.45, 2.75) is 0 Å². The average Bonchev–Trinajstić information content (AvgIpc) is 2.69. The number of ether oxygens (including phenoxy) is 1. The normalized spacial score (nSPS) is 14.7. The molecule has 0 saturated carbocycles. The van der Waals surface area contributed by atoms with Gasteiger partial charge in [-0.15, -0.1) is 0 Å². The zero-order valence-corrected chi connectivity index (χ0v) is 14.6. The third-order valence-electron chi connectivity index (χ3n) is 4.18. The Hall–Kier alpha value is -3.00. The van der Waals surface area contributed by atoms with Gasteiger partial charge in [0, 0.05) is 44.1 Å². The molecule has 0 atom stereocenters. The fourth-order valence-corrected chi connectivity index (χ4v) is 2.74. The number of rotatable bonds is 5. The van der Waals surface area contributed by atoms with Crippen molar-refractivity contribution in [3.05, 3.63) is 48.3 Å². The van der Waals surface area contributed by atoms with Gasteiger partial charge < -0.3 is 9.64 Å². The quantitative estimate of drug-likeness (QED) is 0.839. The maximum Gasteiger partial charge on any atom is 0.257 e. The molecule has 1 saturated heterocycles. The Morgan fingerprint density at radius 2 is 1.73 bits per heavy atom. The summed E-state index contributed by atoms with van der Waals surface area (Å²) in [6.07, 6.45) is 3.43. The summed E-state index contributed by atoms with van der Waals surface area (Å²) in [4.78, 5) is 36.8. The lowest BCUT2D eigenvalue weighted by molar-refractivity contribution is -0.121. The molecule has 2 amide bonds. The third kappa shape index (κ3) is 4.54. The predicted octanol–water partition coefficient (Wildman–Crippen LogP) is 0.564. The van der Waals surface area contributed by atoms with Gasteiger partial charge in [-0.05, 0) is 30.3 Å². The Morgan fingerprint density at radius 3 is 2.35 bits per heavy atom. The summed E-state index contributed by atoms with van der Waals surface area (Å²) in [6, 6.07) is 8.40. The summed E-state index contributed by atoms with van der Waals surface area (Å²) in [7, 11) is 1.56. The molecule has 2 aromatic rings. The van der Waals surface area contributed by atoms with E-state index in [1.54, 1.807) is 49.8 Å². The van der Waals surface area contributed by atoms with Crippen LogP contribution in [0, 0.1) is 0 Å². The molecule has 8 nitrogen and oxygen atoms in total. The Morgan fingerprint density at radius 1 is 1.08 bits per heavy atom. The molecule has 0 unspecified atom stereocenters. The molecule has 0 spiro atoms. The Bertz CT molecular complexity index is 743. The van der Waals surface area contributed by atoms with Crippen molar-refractivity contribution in [3.63, 3.8) is 0 Å². The van der Waals surface area contributed by atoms with Crippen molar-refractivity contribution < 1.29 is 14.3 Å². The molecule has 1 aliphatic rings. The zero-order valence-electron chi connectivity index (χ0n) is 14.6. The van der Waals surface area contributed by atoms with Crippen molar-refractivity contribution in [1.29, 1.82) is 0 Å². The topological polar surface area (TPSA) is 87.7 Å². The van der Waals surface area contributed by atoms with Crippen LogP contribution in [-0.4, -0.2) is 66.5 Å². The molecular weight excluding hydrogens is 334 g/mol. The molecule has 1 N–H and O–H groups in total. The number of nitrogens with zero attached hydrogens (tertiary/aromatic N) is 4. The van der Waals surface area contributed by atoms with Crippen molar-refractivity contribution in [2.24, 2.45) is 0 Å².